The number of nitro groups is 1. The average molecular weight is 263 g/mol. The molecule has 0 bridgehead atoms. The lowest BCUT2D eigenvalue weighted by molar-refractivity contribution is -0.384. The summed E-state index contributed by atoms with van der Waals surface area (Å²) in [6, 6.07) is 5.66. The third-order valence-corrected chi connectivity index (χ3v) is 3.77. The molecule has 5 nitrogen and oxygen atoms in total. The Balaban J connectivity index is 2.40. The number of rotatable bonds is 4. The molecular weight excluding hydrogens is 242 g/mol. The minimum atomic E-state index is -0.270. The molecule has 1 aromatic carbocycles. The molecule has 1 N–H and O–H groups in total. The van der Waals surface area contributed by atoms with Crippen LogP contribution in [0, 0.1) is 17.0 Å². The van der Waals surface area contributed by atoms with Gasteiger partial charge in [0.25, 0.3) is 5.69 Å². The van der Waals surface area contributed by atoms with Crippen LogP contribution in [0.2, 0.25) is 0 Å². The molecule has 1 unspecified atom stereocenters. The quantitative estimate of drug-likeness (QED) is 0.669. The van der Waals surface area contributed by atoms with Crippen molar-refractivity contribution in [2.45, 2.75) is 32.2 Å². The van der Waals surface area contributed by atoms with Gasteiger partial charge in [-0.1, -0.05) is 12.1 Å². The van der Waals surface area contributed by atoms with Crippen molar-refractivity contribution >= 4 is 11.4 Å². The summed E-state index contributed by atoms with van der Waals surface area (Å²) in [6.45, 7) is 3.72. The summed E-state index contributed by atoms with van der Waals surface area (Å²) in [5, 5.41) is 14.4. The monoisotopic (exact) mass is 263 g/mol. The van der Waals surface area contributed by atoms with E-state index < -0.39 is 0 Å². The zero-order valence-electron chi connectivity index (χ0n) is 11.6. The van der Waals surface area contributed by atoms with Crippen molar-refractivity contribution in [3.05, 3.63) is 33.9 Å². The van der Waals surface area contributed by atoms with Crippen molar-refractivity contribution in [1.82, 2.24) is 5.32 Å². The van der Waals surface area contributed by atoms with Gasteiger partial charge in [0.05, 0.1) is 4.92 Å². The number of para-hydroxylation sites is 1. The van der Waals surface area contributed by atoms with Crippen LogP contribution in [0.4, 0.5) is 11.4 Å². The number of nitrogens with one attached hydrogen (secondary N) is 1. The number of hydrogen-bond donors (Lipinski definition) is 1. The van der Waals surface area contributed by atoms with Crippen LogP contribution in [0.1, 0.15) is 24.8 Å². The summed E-state index contributed by atoms with van der Waals surface area (Å²) in [7, 11) is 1.93. The summed E-state index contributed by atoms with van der Waals surface area (Å²) >= 11 is 0. The molecule has 0 saturated carbocycles. The van der Waals surface area contributed by atoms with Gasteiger partial charge in [0.1, 0.15) is 5.69 Å². The summed E-state index contributed by atoms with van der Waals surface area (Å²) in [5.41, 5.74) is 2.01. The van der Waals surface area contributed by atoms with Crippen LogP contribution in [-0.2, 0) is 0 Å². The van der Waals surface area contributed by atoms with Gasteiger partial charge in [0, 0.05) is 25.2 Å². The minimum Gasteiger partial charge on any atom is -0.362 e. The van der Waals surface area contributed by atoms with Crippen LogP contribution in [0.15, 0.2) is 18.2 Å². The van der Waals surface area contributed by atoms with Crippen molar-refractivity contribution in [1.29, 1.82) is 0 Å². The molecular formula is C14H21N3O2. The van der Waals surface area contributed by atoms with Crippen LogP contribution in [0.3, 0.4) is 0 Å². The number of piperidine rings is 1. The van der Waals surface area contributed by atoms with E-state index in [-0.39, 0.29) is 10.6 Å². The fraction of sp³-hybridized carbons (Fsp3) is 0.571. The number of aryl methyl sites for hydroxylation is 1. The van der Waals surface area contributed by atoms with Gasteiger partial charge in [-0.3, -0.25) is 10.1 Å². The van der Waals surface area contributed by atoms with Crippen molar-refractivity contribution in [3.8, 4) is 0 Å². The first-order valence-electron chi connectivity index (χ1n) is 6.80. The number of nitrogens with zero attached hydrogens (tertiary/aromatic N) is 2. The van der Waals surface area contributed by atoms with Crippen LogP contribution >= 0.6 is 0 Å². The normalized spacial score (nSPS) is 19.5. The molecule has 0 aliphatic carbocycles. The van der Waals surface area contributed by atoms with E-state index in [0.29, 0.717) is 6.04 Å². The lowest BCUT2D eigenvalue weighted by Crippen LogP contribution is -2.45. The van der Waals surface area contributed by atoms with Gasteiger partial charge in [-0.2, -0.15) is 0 Å². The Morgan fingerprint density at radius 3 is 2.95 bits per heavy atom. The highest BCUT2D eigenvalue weighted by molar-refractivity contribution is 5.68. The second-order valence-electron chi connectivity index (χ2n) is 5.10. The maximum Gasteiger partial charge on any atom is 0.292 e. The second-order valence-corrected chi connectivity index (χ2v) is 5.10. The standard InChI is InChI=1S/C14H21N3O2/c1-11-6-5-8-13(17(18)19)14(11)16-9-4-3-7-12(16)10-15-2/h5-6,8,12,15H,3-4,7,9-10H2,1-2H3. The maximum absolute atomic E-state index is 11.2. The van der Waals surface area contributed by atoms with Crippen molar-refractivity contribution in [2.24, 2.45) is 0 Å². The topological polar surface area (TPSA) is 58.4 Å². The molecule has 19 heavy (non-hydrogen) atoms. The molecule has 1 aliphatic heterocycles. The predicted octanol–water partition coefficient (Wildman–Crippen LogP) is 2.48. The number of nitro benzene ring substituents is 1. The third-order valence-electron chi connectivity index (χ3n) is 3.77. The fourth-order valence-corrected chi connectivity index (χ4v) is 2.91. The second kappa shape index (κ2) is 6.02. The molecule has 1 aliphatic rings. The first-order chi connectivity index (χ1) is 9.15. The number of likely N-dealkylation sites (N-methyl/N-ethyl adjacent to an activating group) is 1. The van der Waals surface area contributed by atoms with E-state index >= 15 is 0 Å². The Morgan fingerprint density at radius 1 is 1.47 bits per heavy atom. The van der Waals surface area contributed by atoms with Crippen molar-refractivity contribution in [2.75, 3.05) is 25.0 Å². The highest BCUT2D eigenvalue weighted by Crippen LogP contribution is 2.35. The van der Waals surface area contributed by atoms with Crippen molar-refractivity contribution in [3.63, 3.8) is 0 Å². The van der Waals surface area contributed by atoms with E-state index in [0.717, 1.165) is 37.2 Å². The summed E-state index contributed by atoms with van der Waals surface area (Å²) in [5.74, 6) is 0. The van der Waals surface area contributed by atoms with E-state index in [9.17, 15) is 10.1 Å². The highest BCUT2D eigenvalue weighted by Gasteiger charge is 2.28. The van der Waals surface area contributed by atoms with Crippen LogP contribution < -0.4 is 10.2 Å². The van der Waals surface area contributed by atoms with E-state index in [1.165, 1.54) is 6.42 Å². The molecule has 0 amide bonds. The average Bonchev–Trinajstić information content (AvgIpc) is 2.40. The maximum atomic E-state index is 11.2. The van der Waals surface area contributed by atoms with Crippen LogP contribution in [-0.4, -0.2) is 31.1 Å². The predicted molar refractivity (Wildman–Crippen MR) is 76.7 cm³/mol. The Labute approximate surface area is 113 Å². The van der Waals surface area contributed by atoms with Gasteiger partial charge < -0.3 is 10.2 Å². The molecule has 0 radical (unpaired) electrons. The van der Waals surface area contributed by atoms with Gasteiger partial charge in [0.15, 0.2) is 0 Å². The Hall–Kier alpha value is -1.62. The molecule has 1 saturated heterocycles. The Morgan fingerprint density at radius 2 is 2.26 bits per heavy atom. The van der Waals surface area contributed by atoms with E-state index in [2.05, 4.69) is 10.2 Å². The van der Waals surface area contributed by atoms with Gasteiger partial charge in [-0.05, 0) is 38.8 Å². The molecule has 5 heteroatoms. The van der Waals surface area contributed by atoms with Crippen molar-refractivity contribution < 1.29 is 4.92 Å². The van der Waals surface area contributed by atoms with Gasteiger partial charge in [-0.25, -0.2) is 0 Å². The number of anilines is 1. The van der Waals surface area contributed by atoms with E-state index in [1.807, 2.05) is 20.0 Å². The first-order valence-corrected chi connectivity index (χ1v) is 6.80. The zero-order chi connectivity index (χ0) is 13.8. The lowest BCUT2D eigenvalue weighted by atomic mass is 9.99. The molecule has 1 fully saturated rings. The fourth-order valence-electron chi connectivity index (χ4n) is 2.91. The smallest absolute Gasteiger partial charge is 0.292 e. The van der Waals surface area contributed by atoms with Gasteiger partial charge in [0.2, 0.25) is 0 Å². The SMILES string of the molecule is CNCC1CCCCN1c1c(C)cccc1[N+](=O)[O-]. The molecule has 0 spiro atoms. The van der Waals surface area contributed by atoms with E-state index in [1.54, 1.807) is 12.1 Å². The molecule has 0 aromatic heterocycles. The van der Waals surface area contributed by atoms with Gasteiger partial charge >= 0.3 is 0 Å². The Bertz CT molecular complexity index is 460. The van der Waals surface area contributed by atoms with Crippen LogP contribution in [0.25, 0.3) is 0 Å². The van der Waals surface area contributed by atoms with Crippen LogP contribution in [0.5, 0.6) is 0 Å². The third kappa shape index (κ3) is 2.87. The minimum absolute atomic E-state index is 0.225. The zero-order valence-corrected chi connectivity index (χ0v) is 11.6. The Kier molecular flexibility index (Phi) is 4.37. The molecule has 1 aromatic rings. The summed E-state index contributed by atoms with van der Waals surface area (Å²) in [4.78, 5) is 13.2. The molecule has 2 rings (SSSR count). The summed E-state index contributed by atoms with van der Waals surface area (Å²) < 4.78 is 0. The van der Waals surface area contributed by atoms with E-state index in [4.69, 9.17) is 0 Å². The molecule has 1 heterocycles. The lowest BCUT2D eigenvalue weighted by Gasteiger charge is -2.38. The number of benzene rings is 1. The summed E-state index contributed by atoms with van der Waals surface area (Å²) in [6.07, 6.45) is 3.39. The number of hydrogen-bond acceptors (Lipinski definition) is 4. The largest absolute Gasteiger partial charge is 0.362 e. The highest BCUT2D eigenvalue weighted by atomic mass is 16.6. The molecule has 1 atom stereocenters. The first kappa shape index (κ1) is 13.8. The molecule has 104 valence electrons. The van der Waals surface area contributed by atoms with Gasteiger partial charge in [-0.15, -0.1) is 0 Å².